The molecule has 0 saturated carbocycles. The number of aryl methyl sites for hydroxylation is 1. The van der Waals surface area contributed by atoms with Gasteiger partial charge in [-0.15, -0.1) is 0 Å². The minimum atomic E-state index is -1.02. The normalized spacial score (nSPS) is 9.88. The molecule has 0 unspecified atom stereocenters. The number of halogens is 1. The van der Waals surface area contributed by atoms with Gasteiger partial charge in [0.05, 0.1) is 12.0 Å². The molecule has 0 fully saturated rings. The van der Waals surface area contributed by atoms with E-state index in [-0.39, 0.29) is 17.3 Å². The largest absolute Gasteiger partial charge is 0.478 e. The van der Waals surface area contributed by atoms with Crippen molar-refractivity contribution in [3.05, 3.63) is 29.3 Å². The van der Waals surface area contributed by atoms with Gasteiger partial charge in [0.2, 0.25) is 0 Å². The number of carboxylic acid groups (broad SMARTS) is 1. The van der Waals surface area contributed by atoms with E-state index in [1.54, 1.807) is 19.1 Å². The van der Waals surface area contributed by atoms with Crippen LogP contribution in [0.15, 0.2) is 18.2 Å². The van der Waals surface area contributed by atoms with Crippen molar-refractivity contribution in [1.82, 2.24) is 0 Å². The number of esters is 1. The van der Waals surface area contributed by atoms with Crippen molar-refractivity contribution >= 4 is 34.5 Å². The van der Waals surface area contributed by atoms with E-state index in [0.717, 1.165) is 0 Å². The Morgan fingerprint density at radius 3 is 2.69 bits per heavy atom. The van der Waals surface area contributed by atoms with Crippen LogP contribution in [0.2, 0.25) is 0 Å². The number of benzene rings is 1. The lowest BCUT2D eigenvalue weighted by Crippen LogP contribution is -2.09. The highest BCUT2D eigenvalue weighted by molar-refractivity contribution is 14.1. The van der Waals surface area contributed by atoms with Gasteiger partial charge in [0.1, 0.15) is 5.75 Å². The minimum absolute atomic E-state index is 0.153. The fourth-order valence-corrected chi connectivity index (χ4v) is 1.60. The number of ether oxygens (including phenoxy) is 1. The first-order valence-corrected chi connectivity index (χ1v) is 6.17. The summed E-state index contributed by atoms with van der Waals surface area (Å²) in [4.78, 5) is 22.0. The van der Waals surface area contributed by atoms with E-state index in [1.807, 2.05) is 0 Å². The smallest absolute Gasteiger partial charge is 0.336 e. The van der Waals surface area contributed by atoms with Crippen LogP contribution in [0.3, 0.4) is 0 Å². The summed E-state index contributed by atoms with van der Waals surface area (Å²) in [6.07, 6.45) is 0.316. The Morgan fingerprint density at radius 2 is 2.12 bits per heavy atom. The number of alkyl halides is 1. The first-order valence-electron chi connectivity index (χ1n) is 4.65. The maximum Gasteiger partial charge on any atom is 0.336 e. The molecular formula is C11H11IO4. The molecule has 16 heavy (non-hydrogen) atoms. The van der Waals surface area contributed by atoms with Crippen molar-refractivity contribution in [2.75, 3.05) is 4.43 Å². The number of carbonyl (C=O) groups excluding carboxylic acids is 1. The van der Waals surface area contributed by atoms with Gasteiger partial charge >= 0.3 is 11.9 Å². The molecule has 0 atom stereocenters. The molecule has 0 aliphatic rings. The van der Waals surface area contributed by atoms with Gasteiger partial charge in [-0.2, -0.15) is 0 Å². The highest BCUT2D eigenvalue weighted by Crippen LogP contribution is 2.18. The highest BCUT2D eigenvalue weighted by Gasteiger charge is 2.10. The van der Waals surface area contributed by atoms with Crippen molar-refractivity contribution in [1.29, 1.82) is 0 Å². The van der Waals surface area contributed by atoms with Gasteiger partial charge in [-0.3, -0.25) is 4.79 Å². The third-order valence-electron chi connectivity index (χ3n) is 1.97. The summed E-state index contributed by atoms with van der Waals surface area (Å²) in [5.74, 6) is -1.10. The molecule has 0 amide bonds. The van der Waals surface area contributed by atoms with Gasteiger partial charge in [-0.1, -0.05) is 28.7 Å². The van der Waals surface area contributed by atoms with E-state index in [0.29, 0.717) is 16.4 Å². The third-order valence-corrected chi connectivity index (χ3v) is 2.51. The SMILES string of the molecule is Cc1ccc(OC(=O)CCI)cc1C(=O)O. The molecule has 0 saturated heterocycles. The second-order valence-corrected chi connectivity index (χ2v) is 4.27. The lowest BCUT2D eigenvalue weighted by molar-refractivity contribution is -0.133. The fourth-order valence-electron chi connectivity index (χ4n) is 1.15. The maximum atomic E-state index is 11.2. The summed E-state index contributed by atoms with van der Waals surface area (Å²) in [7, 11) is 0. The van der Waals surface area contributed by atoms with Crippen molar-refractivity contribution in [2.45, 2.75) is 13.3 Å². The molecular weight excluding hydrogens is 323 g/mol. The zero-order valence-corrected chi connectivity index (χ0v) is 10.9. The molecule has 1 N–H and O–H groups in total. The molecule has 0 bridgehead atoms. The average molecular weight is 334 g/mol. The van der Waals surface area contributed by atoms with Crippen LogP contribution < -0.4 is 4.74 Å². The van der Waals surface area contributed by atoms with Crippen LogP contribution in [0.4, 0.5) is 0 Å². The van der Waals surface area contributed by atoms with Crippen molar-refractivity contribution < 1.29 is 19.4 Å². The summed E-state index contributed by atoms with van der Waals surface area (Å²) >= 11 is 2.07. The van der Waals surface area contributed by atoms with Crippen LogP contribution in [0.5, 0.6) is 5.75 Å². The second-order valence-electron chi connectivity index (χ2n) is 3.19. The summed E-state index contributed by atoms with van der Waals surface area (Å²) in [6.45, 7) is 1.69. The van der Waals surface area contributed by atoms with Crippen molar-refractivity contribution in [3.63, 3.8) is 0 Å². The van der Waals surface area contributed by atoms with Crippen molar-refractivity contribution in [3.8, 4) is 5.75 Å². The Balaban J connectivity index is 2.87. The van der Waals surface area contributed by atoms with Crippen LogP contribution in [0.1, 0.15) is 22.3 Å². The van der Waals surface area contributed by atoms with E-state index in [2.05, 4.69) is 22.6 Å². The van der Waals surface area contributed by atoms with E-state index in [4.69, 9.17) is 9.84 Å². The first kappa shape index (κ1) is 13.0. The van der Waals surface area contributed by atoms with Gasteiger partial charge in [0, 0.05) is 4.43 Å². The Morgan fingerprint density at radius 1 is 1.44 bits per heavy atom. The number of carboxylic acids is 1. The Bertz CT molecular complexity index is 414. The molecule has 0 aliphatic heterocycles. The summed E-state index contributed by atoms with van der Waals surface area (Å²) in [6, 6.07) is 4.58. The Hall–Kier alpha value is -1.11. The molecule has 5 heteroatoms. The third kappa shape index (κ3) is 3.48. The zero-order chi connectivity index (χ0) is 12.1. The predicted molar refractivity (Wildman–Crippen MR) is 67.3 cm³/mol. The molecule has 1 aromatic carbocycles. The average Bonchev–Trinajstić information content (AvgIpc) is 2.21. The topological polar surface area (TPSA) is 63.6 Å². The van der Waals surface area contributed by atoms with E-state index in [1.165, 1.54) is 6.07 Å². The summed E-state index contributed by atoms with van der Waals surface area (Å²) < 4.78 is 5.67. The van der Waals surface area contributed by atoms with Crippen LogP contribution in [-0.2, 0) is 4.79 Å². The quantitative estimate of drug-likeness (QED) is 0.398. The number of hydrogen-bond acceptors (Lipinski definition) is 3. The molecule has 1 aromatic rings. The fraction of sp³-hybridized carbons (Fsp3) is 0.273. The Kier molecular flexibility index (Phi) is 4.72. The van der Waals surface area contributed by atoms with Crippen LogP contribution in [0, 0.1) is 6.92 Å². The van der Waals surface area contributed by atoms with Crippen LogP contribution in [0.25, 0.3) is 0 Å². The number of carbonyl (C=O) groups is 2. The van der Waals surface area contributed by atoms with Gasteiger partial charge in [-0.05, 0) is 24.6 Å². The number of rotatable bonds is 4. The predicted octanol–water partition coefficient (Wildman–Crippen LogP) is 2.42. The zero-order valence-electron chi connectivity index (χ0n) is 8.70. The molecule has 0 heterocycles. The molecule has 0 aliphatic carbocycles. The molecule has 0 spiro atoms. The van der Waals surface area contributed by atoms with E-state index >= 15 is 0 Å². The molecule has 0 aromatic heterocycles. The molecule has 0 radical (unpaired) electrons. The second kappa shape index (κ2) is 5.83. The van der Waals surface area contributed by atoms with E-state index in [9.17, 15) is 9.59 Å². The van der Waals surface area contributed by atoms with Gasteiger partial charge in [0.25, 0.3) is 0 Å². The van der Waals surface area contributed by atoms with Crippen LogP contribution >= 0.6 is 22.6 Å². The van der Waals surface area contributed by atoms with Crippen molar-refractivity contribution in [2.24, 2.45) is 0 Å². The van der Waals surface area contributed by atoms with Gasteiger partial charge in [0.15, 0.2) is 0 Å². The molecule has 86 valence electrons. The van der Waals surface area contributed by atoms with E-state index < -0.39 is 5.97 Å². The summed E-state index contributed by atoms with van der Waals surface area (Å²) in [5, 5.41) is 8.89. The number of aromatic carboxylic acids is 1. The lowest BCUT2D eigenvalue weighted by Gasteiger charge is -2.06. The standard InChI is InChI=1S/C11H11IO4/c1-7-2-3-8(6-9(7)11(14)15)16-10(13)4-5-12/h2-3,6H,4-5H2,1H3,(H,14,15). The first-order chi connectivity index (χ1) is 7.54. The lowest BCUT2D eigenvalue weighted by atomic mass is 10.1. The molecule has 1 rings (SSSR count). The molecule has 4 nitrogen and oxygen atoms in total. The monoisotopic (exact) mass is 334 g/mol. The minimum Gasteiger partial charge on any atom is -0.478 e. The maximum absolute atomic E-state index is 11.2. The van der Waals surface area contributed by atoms with Crippen LogP contribution in [-0.4, -0.2) is 21.5 Å². The number of hydrogen-bond donors (Lipinski definition) is 1. The van der Waals surface area contributed by atoms with Gasteiger partial charge in [-0.25, -0.2) is 4.79 Å². The Labute approximate surface area is 107 Å². The highest BCUT2D eigenvalue weighted by atomic mass is 127. The van der Waals surface area contributed by atoms with Gasteiger partial charge < -0.3 is 9.84 Å². The summed E-state index contributed by atoms with van der Waals surface area (Å²) in [5.41, 5.74) is 0.793.